The molecule has 0 aliphatic carbocycles. The van der Waals surface area contributed by atoms with Gasteiger partial charge in [-0.3, -0.25) is 9.48 Å². The minimum Gasteiger partial charge on any atom is -0.382 e. The van der Waals surface area contributed by atoms with Crippen LogP contribution in [0.15, 0.2) is 11.4 Å². The Morgan fingerprint density at radius 2 is 2.08 bits per heavy atom. The third-order valence-corrected chi connectivity index (χ3v) is 5.26. The van der Waals surface area contributed by atoms with Gasteiger partial charge >= 0.3 is 6.18 Å². The lowest BCUT2D eigenvalue weighted by Crippen LogP contribution is -2.45. The Labute approximate surface area is 150 Å². The van der Waals surface area contributed by atoms with Gasteiger partial charge in [0, 0.05) is 43.7 Å². The van der Waals surface area contributed by atoms with Crippen LogP contribution in [0, 0.1) is 12.8 Å². The van der Waals surface area contributed by atoms with Crippen LogP contribution < -0.4 is 0 Å². The Morgan fingerprint density at radius 3 is 2.65 bits per heavy atom. The van der Waals surface area contributed by atoms with E-state index in [4.69, 9.17) is 4.84 Å². The van der Waals surface area contributed by atoms with Gasteiger partial charge in [0.05, 0.1) is 11.4 Å². The molecule has 2 aliphatic heterocycles. The van der Waals surface area contributed by atoms with Gasteiger partial charge < -0.3 is 9.74 Å². The van der Waals surface area contributed by atoms with Crippen molar-refractivity contribution >= 4 is 11.6 Å². The van der Waals surface area contributed by atoms with Crippen LogP contribution in [0.2, 0.25) is 0 Å². The Bertz CT molecular complexity index is 728. The molecular weight excluding hydrogens is 349 g/mol. The van der Waals surface area contributed by atoms with Crippen LogP contribution in [-0.2, 0) is 16.7 Å². The smallest absolute Gasteiger partial charge is 0.382 e. The highest BCUT2D eigenvalue weighted by Gasteiger charge is 2.46. The van der Waals surface area contributed by atoms with Crippen molar-refractivity contribution in [3.05, 3.63) is 17.5 Å². The highest BCUT2D eigenvalue weighted by Crippen LogP contribution is 2.38. The lowest BCUT2D eigenvalue weighted by molar-refractivity contribution is -0.151. The van der Waals surface area contributed by atoms with Gasteiger partial charge in [0.25, 0.3) is 5.91 Å². The van der Waals surface area contributed by atoms with E-state index >= 15 is 0 Å². The number of carbonyl (C=O) groups excluding carboxylic acids is 1. The number of nitrogens with zero attached hydrogens (tertiary/aromatic N) is 4. The number of aromatic nitrogens is 2. The number of amides is 1. The number of likely N-dealkylation sites (tertiary alicyclic amines) is 1. The van der Waals surface area contributed by atoms with Crippen molar-refractivity contribution in [3.63, 3.8) is 0 Å². The van der Waals surface area contributed by atoms with Crippen LogP contribution in [0.25, 0.3) is 0 Å². The SMILES string of the molecule is Cc1nn(C)cc1C1=NOC(C(=O)N2C(C)CC(CC(F)(F)F)C2C)C1. The van der Waals surface area contributed by atoms with Crippen molar-refractivity contribution in [2.24, 2.45) is 18.1 Å². The van der Waals surface area contributed by atoms with Gasteiger partial charge in [0.1, 0.15) is 0 Å². The number of carbonyl (C=O) groups is 1. The van der Waals surface area contributed by atoms with Gasteiger partial charge in [-0.15, -0.1) is 0 Å². The fourth-order valence-corrected chi connectivity index (χ4v) is 4.06. The van der Waals surface area contributed by atoms with E-state index in [1.165, 1.54) is 4.90 Å². The molecule has 0 spiro atoms. The van der Waals surface area contributed by atoms with E-state index in [0.29, 0.717) is 18.6 Å². The van der Waals surface area contributed by atoms with E-state index in [2.05, 4.69) is 10.3 Å². The molecule has 3 rings (SSSR count). The average molecular weight is 372 g/mol. The molecule has 0 N–H and O–H groups in total. The largest absolute Gasteiger partial charge is 0.389 e. The van der Waals surface area contributed by atoms with Crippen molar-refractivity contribution in [1.29, 1.82) is 0 Å². The fourth-order valence-electron chi connectivity index (χ4n) is 4.06. The topological polar surface area (TPSA) is 59.7 Å². The van der Waals surface area contributed by atoms with Crippen LogP contribution in [0.1, 0.15) is 44.4 Å². The fraction of sp³-hybridized carbons (Fsp3) is 0.706. The maximum Gasteiger partial charge on any atom is 0.389 e. The molecule has 3 heterocycles. The van der Waals surface area contributed by atoms with E-state index in [-0.39, 0.29) is 11.9 Å². The minimum atomic E-state index is -4.23. The molecule has 6 nitrogen and oxygen atoms in total. The lowest BCUT2D eigenvalue weighted by atomic mass is 9.96. The third kappa shape index (κ3) is 3.57. The molecule has 0 bridgehead atoms. The van der Waals surface area contributed by atoms with Gasteiger partial charge in [-0.25, -0.2) is 0 Å². The molecule has 0 saturated carbocycles. The molecular formula is C17H23F3N4O2. The Kier molecular flexibility index (Phi) is 4.74. The van der Waals surface area contributed by atoms with Gasteiger partial charge in [-0.1, -0.05) is 5.16 Å². The molecule has 0 radical (unpaired) electrons. The zero-order valence-electron chi connectivity index (χ0n) is 15.2. The predicted molar refractivity (Wildman–Crippen MR) is 88.5 cm³/mol. The first-order valence-electron chi connectivity index (χ1n) is 8.69. The molecule has 1 fully saturated rings. The number of oxime groups is 1. The molecule has 1 aromatic heterocycles. The second-order valence-electron chi connectivity index (χ2n) is 7.29. The number of rotatable bonds is 3. The summed E-state index contributed by atoms with van der Waals surface area (Å²) in [7, 11) is 1.80. The van der Waals surface area contributed by atoms with Gasteiger partial charge in [-0.05, 0) is 33.1 Å². The molecule has 1 aromatic rings. The van der Waals surface area contributed by atoms with Crippen LogP contribution in [-0.4, -0.2) is 50.7 Å². The summed E-state index contributed by atoms with van der Waals surface area (Å²) in [5.41, 5.74) is 2.25. The lowest BCUT2D eigenvalue weighted by Gasteiger charge is -2.29. The predicted octanol–water partition coefficient (Wildman–Crippen LogP) is 2.80. The van der Waals surface area contributed by atoms with Crippen molar-refractivity contribution in [2.45, 2.75) is 64.4 Å². The quantitative estimate of drug-likeness (QED) is 0.820. The second kappa shape index (κ2) is 6.59. The maximum atomic E-state index is 12.9. The monoisotopic (exact) mass is 372 g/mol. The molecule has 2 aliphatic rings. The average Bonchev–Trinajstić information content (AvgIpc) is 3.17. The zero-order valence-corrected chi connectivity index (χ0v) is 15.2. The molecule has 1 amide bonds. The Morgan fingerprint density at radius 1 is 1.38 bits per heavy atom. The maximum absolute atomic E-state index is 12.9. The first-order chi connectivity index (χ1) is 12.1. The van der Waals surface area contributed by atoms with Gasteiger partial charge in [0.2, 0.25) is 6.10 Å². The normalized spacial score (nSPS) is 29.0. The number of aryl methyl sites for hydroxylation is 2. The van der Waals surface area contributed by atoms with E-state index in [1.54, 1.807) is 25.6 Å². The number of hydrogen-bond donors (Lipinski definition) is 0. The molecule has 4 unspecified atom stereocenters. The van der Waals surface area contributed by atoms with Crippen LogP contribution in [0.4, 0.5) is 13.2 Å². The molecule has 9 heteroatoms. The molecule has 144 valence electrons. The highest BCUT2D eigenvalue weighted by molar-refractivity contribution is 6.04. The van der Waals surface area contributed by atoms with Crippen molar-refractivity contribution in [2.75, 3.05) is 0 Å². The minimum absolute atomic E-state index is 0.252. The van der Waals surface area contributed by atoms with Crippen molar-refractivity contribution < 1.29 is 22.8 Å². The summed E-state index contributed by atoms with van der Waals surface area (Å²) in [6, 6.07) is -0.732. The summed E-state index contributed by atoms with van der Waals surface area (Å²) in [4.78, 5) is 19.7. The number of hydrogen-bond acceptors (Lipinski definition) is 4. The second-order valence-corrected chi connectivity index (χ2v) is 7.29. The van der Waals surface area contributed by atoms with E-state index < -0.39 is 30.7 Å². The van der Waals surface area contributed by atoms with Gasteiger partial charge in [-0.2, -0.15) is 18.3 Å². The van der Waals surface area contributed by atoms with E-state index in [1.807, 2.05) is 13.1 Å². The standard InChI is InChI=1S/C17H23F3N4O2/c1-9-5-12(7-17(18,19)20)11(3)24(9)16(25)15-6-14(22-26-15)13-8-23(4)21-10(13)2/h8-9,11-12,15H,5-7H2,1-4H3. The molecule has 4 atom stereocenters. The first-order valence-corrected chi connectivity index (χ1v) is 8.69. The first kappa shape index (κ1) is 18.7. The van der Waals surface area contributed by atoms with E-state index in [0.717, 1.165) is 11.3 Å². The zero-order chi connectivity index (χ0) is 19.2. The van der Waals surface area contributed by atoms with Crippen LogP contribution >= 0.6 is 0 Å². The van der Waals surface area contributed by atoms with Crippen LogP contribution in [0.5, 0.6) is 0 Å². The summed E-state index contributed by atoms with van der Waals surface area (Å²) in [5.74, 6) is -0.883. The van der Waals surface area contributed by atoms with E-state index in [9.17, 15) is 18.0 Å². The number of halogens is 3. The number of alkyl halides is 3. The third-order valence-electron chi connectivity index (χ3n) is 5.26. The highest BCUT2D eigenvalue weighted by atomic mass is 19.4. The summed E-state index contributed by atoms with van der Waals surface area (Å²) < 4.78 is 39.9. The summed E-state index contributed by atoms with van der Waals surface area (Å²) >= 11 is 0. The molecule has 1 saturated heterocycles. The van der Waals surface area contributed by atoms with Crippen molar-refractivity contribution in [1.82, 2.24) is 14.7 Å². The molecule has 26 heavy (non-hydrogen) atoms. The Balaban J connectivity index is 1.68. The summed E-state index contributed by atoms with van der Waals surface area (Å²) in [6.45, 7) is 5.31. The molecule has 0 aromatic carbocycles. The van der Waals surface area contributed by atoms with Gasteiger partial charge in [0.15, 0.2) is 0 Å². The summed E-state index contributed by atoms with van der Waals surface area (Å²) in [5, 5.41) is 8.27. The van der Waals surface area contributed by atoms with Crippen molar-refractivity contribution in [3.8, 4) is 0 Å². The van der Waals surface area contributed by atoms with Crippen LogP contribution in [0.3, 0.4) is 0 Å². The summed E-state index contributed by atoms with van der Waals surface area (Å²) in [6.07, 6.45) is -3.44. The Hall–Kier alpha value is -2.06.